The Morgan fingerprint density at radius 3 is 2.67 bits per heavy atom. The van der Waals surface area contributed by atoms with Crippen molar-refractivity contribution in [3.05, 3.63) is 71.0 Å². The summed E-state index contributed by atoms with van der Waals surface area (Å²) in [6.07, 6.45) is 6.60. The fourth-order valence-corrected chi connectivity index (χ4v) is 3.53. The summed E-state index contributed by atoms with van der Waals surface area (Å²) in [6, 6.07) is 14.5. The lowest BCUT2D eigenvalue weighted by atomic mass is 9.98. The lowest BCUT2D eigenvalue weighted by Crippen LogP contribution is -2.01. The second-order valence-corrected chi connectivity index (χ2v) is 6.51. The number of fused-ring (bicyclic) bond motifs is 3. The van der Waals surface area contributed by atoms with E-state index in [1.165, 1.54) is 0 Å². The molecule has 0 radical (unpaired) electrons. The van der Waals surface area contributed by atoms with E-state index in [-0.39, 0.29) is 5.95 Å². The molecule has 0 fully saturated rings. The molecule has 2 aromatic heterocycles. The van der Waals surface area contributed by atoms with Gasteiger partial charge < -0.3 is 21.2 Å². The van der Waals surface area contributed by atoms with Crippen LogP contribution in [0, 0.1) is 0 Å². The van der Waals surface area contributed by atoms with Crippen LogP contribution in [0.4, 0.5) is 23.1 Å². The van der Waals surface area contributed by atoms with Gasteiger partial charge in [-0.05, 0) is 23.3 Å². The number of benzene rings is 2. The highest BCUT2D eigenvalue weighted by Crippen LogP contribution is 2.34. The van der Waals surface area contributed by atoms with Crippen molar-refractivity contribution < 1.29 is 4.42 Å². The maximum atomic E-state index is 6.06. The number of nitrogens with two attached hydrogens (primary N) is 2. The Morgan fingerprint density at radius 2 is 1.74 bits per heavy atom. The molecule has 0 bridgehead atoms. The highest BCUT2D eigenvalue weighted by Gasteiger charge is 2.16. The first-order valence-electron chi connectivity index (χ1n) is 8.64. The first-order valence-corrected chi connectivity index (χ1v) is 8.64. The normalized spacial score (nSPS) is 12.3. The summed E-state index contributed by atoms with van der Waals surface area (Å²) in [5.74, 6) is 0.448. The van der Waals surface area contributed by atoms with Crippen LogP contribution in [-0.2, 0) is 6.42 Å². The molecular formula is C21H17N5O. The lowest BCUT2D eigenvalue weighted by Gasteiger charge is -2.12. The minimum atomic E-state index is 0.111. The number of nitrogen functional groups attached to an aromatic ring is 2. The van der Waals surface area contributed by atoms with Crippen molar-refractivity contribution in [2.75, 3.05) is 16.8 Å². The van der Waals surface area contributed by atoms with Gasteiger partial charge in [0.2, 0.25) is 11.7 Å². The summed E-state index contributed by atoms with van der Waals surface area (Å²) in [5.41, 5.74) is 18.7. The first kappa shape index (κ1) is 15.5. The summed E-state index contributed by atoms with van der Waals surface area (Å²) in [4.78, 5) is 8.19. The summed E-state index contributed by atoms with van der Waals surface area (Å²) in [5, 5.41) is 4.25. The van der Waals surface area contributed by atoms with Gasteiger partial charge in [0.05, 0.1) is 11.6 Å². The first-order chi connectivity index (χ1) is 13.2. The van der Waals surface area contributed by atoms with E-state index in [2.05, 4.69) is 51.7 Å². The van der Waals surface area contributed by atoms with E-state index in [1.54, 1.807) is 6.26 Å². The molecule has 6 heteroatoms. The van der Waals surface area contributed by atoms with Crippen LogP contribution in [0.2, 0.25) is 0 Å². The van der Waals surface area contributed by atoms with Crippen LogP contribution < -0.4 is 16.8 Å². The fourth-order valence-electron chi connectivity index (χ4n) is 3.53. The number of anilines is 4. The number of para-hydroxylation sites is 1. The average Bonchev–Trinajstić information content (AvgIpc) is 2.94. The standard InChI is InChI=1S/C21H17N5O/c22-19-18-14(11-27-20(18)26-21(23)25-19)10-13-5-3-7-17-15(13)9-8-12-4-1-2-6-16(12)24-17/h1-9,11,24H,10H2,(H4,22,23,25,26). The van der Waals surface area contributed by atoms with Gasteiger partial charge in [-0.15, -0.1) is 0 Å². The van der Waals surface area contributed by atoms with Crippen LogP contribution in [0.3, 0.4) is 0 Å². The van der Waals surface area contributed by atoms with Crippen LogP contribution >= 0.6 is 0 Å². The largest absolute Gasteiger partial charge is 0.446 e. The number of hydrogen-bond acceptors (Lipinski definition) is 6. The van der Waals surface area contributed by atoms with Crippen LogP contribution in [0.5, 0.6) is 0 Å². The Balaban J connectivity index is 1.60. The lowest BCUT2D eigenvalue weighted by molar-refractivity contribution is 0.599. The zero-order valence-corrected chi connectivity index (χ0v) is 14.4. The molecule has 132 valence electrons. The molecule has 0 atom stereocenters. The molecule has 0 amide bonds. The van der Waals surface area contributed by atoms with Crippen LogP contribution in [0.1, 0.15) is 22.3 Å². The van der Waals surface area contributed by atoms with E-state index >= 15 is 0 Å². The second kappa shape index (κ2) is 5.88. The Bertz CT molecular complexity index is 1210. The molecule has 0 unspecified atom stereocenters. The number of furan rings is 1. The number of hydrogen-bond donors (Lipinski definition) is 3. The molecule has 1 aliphatic heterocycles. The third kappa shape index (κ3) is 2.58. The van der Waals surface area contributed by atoms with E-state index in [0.29, 0.717) is 18.0 Å². The molecule has 3 heterocycles. The van der Waals surface area contributed by atoms with E-state index in [9.17, 15) is 0 Å². The zero-order valence-electron chi connectivity index (χ0n) is 14.4. The maximum absolute atomic E-state index is 6.06. The molecule has 6 nitrogen and oxygen atoms in total. The number of rotatable bonds is 2. The Hall–Kier alpha value is -3.80. The molecule has 5 rings (SSSR count). The van der Waals surface area contributed by atoms with Crippen molar-refractivity contribution in [3.63, 3.8) is 0 Å². The highest BCUT2D eigenvalue weighted by atomic mass is 16.3. The highest BCUT2D eigenvalue weighted by molar-refractivity contribution is 5.91. The number of nitrogens with zero attached hydrogens (tertiary/aromatic N) is 2. The monoisotopic (exact) mass is 355 g/mol. The molecule has 0 saturated heterocycles. The van der Waals surface area contributed by atoms with Crippen molar-refractivity contribution in [3.8, 4) is 0 Å². The third-order valence-electron chi connectivity index (χ3n) is 4.79. The van der Waals surface area contributed by atoms with Crippen molar-refractivity contribution in [2.45, 2.75) is 6.42 Å². The van der Waals surface area contributed by atoms with Gasteiger partial charge in [-0.1, -0.05) is 42.5 Å². The quantitative estimate of drug-likeness (QED) is 0.438. The minimum Gasteiger partial charge on any atom is -0.446 e. The summed E-state index contributed by atoms with van der Waals surface area (Å²) in [6.45, 7) is 0. The van der Waals surface area contributed by atoms with E-state index < -0.39 is 0 Å². The summed E-state index contributed by atoms with van der Waals surface area (Å²) in [7, 11) is 0. The molecule has 27 heavy (non-hydrogen) atoms. The molecule has 0 spiro atoms. The number of nitrogens with one attached hydrogen (secondary N) is 1. The molecule has 2 aromatic carbocycles. The third-order valence-corrected chi connectivity index (χ3v) is 4.79. The van der Waals surface area contributed by atoms with Gasteiger partial charge in [-0.3, -0.25) is 0 Å². The molecule has 0 saturated carbocycles. The number of aromatic nitrogens is 2. The maximum Gasteiger partial charge on any atom is 0.233 e. The van der Waals surface area contributed by atoms with Gasteiger partial charge >= 0.3 is 0 Å². The fraction of sp³-hybridized carbons (Fsp3) is 0.0476. The van der Waals surface area contributed by atoms with Gasteiger partial charge in [0.25, 0.3) is 0 Å². The summed E-state index contributed by atoms with van der Waals surface area (Å²) >= 11 is 0. The topological polar surface area (TPSA) is 103 Å². The second-order valence-electron chi connectivity index (χ2n) is 6.51. The molecule has 0 aliphatic carbocycles. The Morgan fingerprint density at radius 1 is 0.889 bits per heavy atom. The van der Waals surface area contributed by atoms with E-state index in [1.807, 2.05) is 18.2 Å². The Labute approximate surface area is 155 Å². The predicted molar refractivity (Wildman–Crippen MR) is 109 cm³/mol. The van der Waals surface area contributed by atoms with Crippen LogP contribution in [0.15, 0.2) is 53.1 Å². The van der Waals surface area contributed by atoms with Gasteiger partial charge in [0.1, 0.15) is 5.82 Å². The van der Waals surface area contributed by atoms with Crippen molar-refractivity contribution >= 4 is 46.4 Å². The van der Waals surface area contributed by atoms with Crippen molar-refractivity contribution in [1.82, 2.24) is 9.97 Å². The van der Waals surface area contributed by atoms with Crippen LogP contribution in [0.25, 0.3) is 23.3 Å². The molecular weight excluding hydrogens is 338 g/mol. The average molecular weight is 355 g/mol. The van der Waals surface area contributed by atoms with Crippen LogP contribution in [-0.4, -0.2) is 9.97 Å². The Kier molecular flexibility index (Phi) is 3.36. The zero-order chi connectivity index (χ0) is 18.4. The molecule has 4 aromatic rings. The molecule has 1 aliphatic rings. The van der Waals surface area contributed by atoms with Gasteiger partial charge in [0, 0.05) is 28.9 Å². The van der Waals surface area contributed by atoms with E-state index in [4.69, 9.17) is 15.9 Å². The SMILES string of the molecule is Nc1nc(N)c2c(Cc3cccc4c3C=Cc3ccccc3N4)coc2n1. The van der Waals surface area contributed by atoms with Crippen molar-refractivity contribution in [2.24, 2.45) is 0 Å². The smallest absolute Gasteiger partial charge is 0.233 e. The predicted octanol–water partition coefficient (Wildman–Crippen LogP) is 4.21. The minimum absolute atomic E-state index is 0.111. The van der Waals surface area contributed by atoms with Gasteiger partial charge in [0.15, 0.2) is 0 Å². The van der Waals surface area contributed by atoms with Gasteiger partial charge in [-0.25, -0.2) is 0 Å². The molecule has 5 N–H and O–H groups in total. The van der Waals surface area contributed by atoms with Crippen molar-refractivity contribution in [1.29, 1.82) is 0 Å². The van der Waals surface area contributed by atoms with Gasteiger partial charge in [-0.2, -0.15) is 9.97 Å². The van der Waals surface area contributed by atoms with E-state index in [0.717, 1.165) is 39.0 Å². The summed E-state index contributed by atoms with van der Waals surface area (Å²) < 4.78 is 5.56.